The summed E-state index contributed by atoms with van der Waals surface area (Å²) in [5.74, 6) is 2.44. The average Bonchev–Trinajstić information content (AvgIpc) is 3.05. The van der Waals surface area contributed by atoms with Gasteiger partial charge in [0.25, 0.3) is 0 Å². The summed E-state index contributed by atoms with van der Waals surface area (Å²) in [6, 6.07) is 7.48. The number of aromatic nitrogens is 2. The van der Waals surface area contributed by atoms with Crippen LogP contribution in [0.25, 0.3) is 0 Å². The van der Waals surface area contributed by atoms with Crippen molar-refractivity contribution in [1.29, 1.82) is 0 Å². The molecular weight excluding hydrogens is 274 g/mol. The number of para-hydroxylation sites is 2. The van der Waals surface area contributed by atoms with Gasteiger partial charge in [0.2, 0.25) is 11.7 Å². The Balaban J connectivity index is 1.51. The van der Waals surface area contributed by atoms with E-state index in [-0.39, 0.29) is 12.1 Å². The quantitative estimate of drug-likeness (QED) is 0.891. The van der Waals surface area contributed by atoms with Crippen molar-refractivity contribution in [1.82, 2.24) is 15.5 Å². The number of hydrogen-bond acceptors (Lipinski definition) is 7. The summed E-state index contributed by atoms with van der Waals surface area (Å²) in [7, 11) is 0. The Morgan fingerprint density at radius 3 is 2.90 bits per heavy atom. The second-order valence-corrected chi connectivity index (χ2v) is 4.94. The van der Waals surface area contributed by atoms with Crippen LogP contribution in [0.2, 0.25) is 0 Å². The van der Waals surface area contributed by atoms with Gasteiger partial charge in [0.05, 0.1) is 13.2 Å². The smallest absolute Gasteiger partial charge is 0.246 e. The van der Waals surface area contributed by atoms with Crippen molar-refractivity contribution in [3.8, 4) is 11.5 Å². The Hall–Kier alpha value is -2.12. The molecule has 0 radical (unpaired) electrons. The average molecular weight is 289 g/mol. The number of ether oxygens (including phenoxy) is 3. The third-order valence-electron chi connectivity index (χ3n) is 3.47. The normalized spacial score (nSPS) is 24.8. The lowest BCUT2D eigenvalue weighted by Crippen LogP contribution is -2.34. The minimum absolute atomic E-state index is 0.0585. The number of morpholine rings is 1. The van der Waals surface area contributed by atoms with Crippen LogP contribution in [0.1, 0.15) is 23.9 Å². The van der Waals surface area contributed by atoms with E-state index < -0.39 is 0 Å². The van der Waals surface area contributed by atoms with Crippen LogP contribution in [0.3, 0.4) is 0 Å². The Morgan fingerprint density at radius 1 is 1.14 bits per heavy atom. The lowest BCUT2D eigenvalue weighted by Gasteiger charge is -2.24. The lowest BCUT2D eigenvalue weighted by atomic mass is 10.2. The number of benzene rings is 1. The highest BCUT2D eigenvalue weighted by Gasteiger charge is 2.29. The Kier molecular flexibility index (Phi) is 3.21. The van der Waals surface area contributed by atoms with E-state index in [1.54, 1.807) is 0 Å². The molecule has 2 aliphatic heterocycles. The number of rotatable bonds is 2. The van der Waals surface area contributed by atoms with Crippen molar-refractivity contribution >= 4 is 0 Å². The zero-order valence-corrected chi connectivity index (χ0v) is 11.3. The van der Waals surface area contributed by atoms with Crippen LogP contribution >= 0.6 is 0 Å². The number of nitrogens with one attached hydrogen (secondary N) is 1. The van der Waals surface area contributed by atoms with Gasteiger partial charge in [-0.25, -0.2) is 0 Å². The molecule has 4 rings (SSSR count). The van der Waals surface area contributed by atoms with Crippen LogP contribution in [0.15, 0.2) is 28.8 Å². The molecule has 1 saturated heterocycles. The highest BCUT2D eigenvalue weighted by molar-refractivity contribution is 5.40. The minimum atomic E-state index is -0.359. The summed E-state index contributed by atoms with van der Waals surface area (Å²) >= 11 is 0. The highest BCUT2D eigenvalue weighted by atomic mass is 16.6. The van der Waals surface area contributed by atoms with Crippen LogP contribution in [-0.4, -0.2) is 36.5 Å². The number of hydrogen-bond donors (Lipinski definition) is 1. The maximum absolute atomic E-state index is 5.86. The second-order valence-electron chi connectivity index (χ2n) is 4.94. The molecule has 1 N–H and O–H groups in total. The van der Waals surface area contributed by atoms with Gasteiger partial charge in [0.1, 0.15) is 12.6 Å². The monoisotopic (exact) mass is 289 g/mol. The first-order valence-electron chi connectivity index (χ1n) is 6.93. The molecule has 0 amide bonds. The van der Waals surface area contributed by atoms with Crippen LogP contribution in [0.4, 0.5) is 0 Å². The van der Waals surface area contributed by atoms with Gasteiger partial charge >= 0.3 is 0 Å². The second kappa shape index (κ2) is 5.34. The molecule has 0 bridgehead atoms. The molecule has 110 valence electrons. The first-order valence-corrected chi connectivity index (χ1v) is 6.93. The molecule has 1 aromatic heterocycles. The maximum atomic E-state index is 5.86. The molecule has 7 heteroatoms. The Morgan fingerprint density at radius 2 is 2.05 bits per heavy atom. The summed E-state index contributed by atoms with van der Waals surface area (Å²) < 4.78 is 22.2. The van der Waals surface area contributed by atoms with E-state index >= 15 is 0 Å². The molecule has 21 heavy (non-hydrogen) atoms. The molecule has 3 heterocycles. The number of fused-ring (bicyclic) bond motifs is 1. The van der Waals surface area contributed by atoms with Gasteiger partial charge in [0.15, 0.2) is 17.6 Å². The molecule has 0 spiro atoms. The largest absolute Gasteiger partial charge is 0.485 e. The summed E-state index contributed by atoms with van der Waals surface area (Å²) in [6.07, 6.45) is -0.359. The van der Waals surface area contributed by atoms with Crippen molar-refractivity contribution < 1.29 is 18.7 Å². The van der Waals surface area contributed by atoms with E-state index in [1.165, 1.54) is 0 Å². The van der Waals surface area contributed by atoms with Crippen LogP contribution in [-0.2, 0) is 4.74 Å². The van der Waals surface area contributed by atoms with Gasteiger partial charge < -0.3 is 24.1 Å². The molecule has 2 unspecified atom stereocenters. The van der Waals surface area contributed by atoms with E-state index in [2.05, 4.69) is 15.5 Å². The zero-order valence-electron chi connectivity index (χ0n) is 11.3. The first-order chi connectivity index (χ1) is 10.4. The fourth-order valence-corrected chi connectivity index (χ4v) is 2.39. The van der Waals surface area contributed by atoms with Gasteiger partial charge in [-0.3, -0.25) is 0 Å². The standard InChI is InChI=1S/C14H15N3O4/c1-2-4-11-10(3-1)19-8-12(20-11)13-16-14(21-17-13)9-7-18-6-5-15-9/h1-4,9,12,15H,5-8H2. The van der Waals surface area contributed by atoms with Gasteiger partial charge in [0, 0.05) is 6.54 Å². The molecule has 2 aliphatic rings. The van der Waals surface area contributed by atoms with Crippen molar-refractivity contribution in [3.05, 3.63) is 36.0 Å². The van der Waals surface area contributed by atoms with Crippen molar-refractivity contribution in [3.63, 3.8) is 0 Å². The van der Waals surface area contributed by atoms with E-state index in [9.17, 15) is 0 Å². The van der Waals surface area contributed by atoms with Crippen LogP contribution < -0.4 is 14.8 Å². The lowest BCUT2D eigenvalue weighted by molar-refractivity contribution is 0.0658. The molecule has 0 saturated carbocycles. The van der Waals surface area contributed by atoms with Crippen LogP contribution in [0, 0.1) is 0 Å². The zero-order chi connectivity index (χ0) is 14.1. The third kappa shape index (κ3) is 2.45. The summed E-state index contributed by atoms with van der Waals surface area (Å²) in [6.45, 7) is 2.38. The minimum Gasteiger partial charge on any atom is -0.485 e. The van der Waals surface area contributed by atoms with E-state index in [0.29, 0.717) is 37.3 Å². The fourth-order valence-electron chi connectivity index (χ4n) is 2.39. The fraction of sp³-hybridized carbons (Fsp3) is 0.429. The van der Waals surface area contributed by atoms with E-state index in [0.717, 1.165) is 12.3 Å². The number of nitrogens with zero attached hydrogens (tertiary/aromatic N) is 2. The topological polar surface area (TPSA) is 78.6 Å². The van der Waals surface area contributed by atoms with Gasteiger partial charge in [-0.1, -0.05) is 17.3 Å². The van der Waals surface area contributed by atoms with Gasteiger partial charge in [-0.05, 0) is 12.1 Å². The molecule has 1 aromatic carbocycles. The Bertz CT molecular complexity index is 624. The summed E-state index contributed by atoms with van der Waals surface area (Å²) in [4.78, 5) is 4.41. The predicted molar refractivity (Wildman–Crippen MR) is 71.2 cm³/mol. The van der Waals surface area contributed by atoms with E-state index in [1.807, 2.05) is 24.3 Å². The molecular formula is C14H15N3O4. The molecule has 2 aromatic rings. The summed E-state index contributed by atoms with van der Waals surface area (Å²) in [5.41, 5.74) is 0. The Labute approximate surface area is 121 Å². The van der Waals surface area contributed by atoms with E-state index in [4.69, 9.17) is 18.7 Å². The molecule has 0 aliphatic carbocycles. The molecule has 7 nitrogen and oxygen atoms in total. The van der Waals surface area contributed by atoms with Crippen LogP contribution in [0.5, 0.6) is 11.5 Å². The van der Waals surface area contributed by atoms with Crippen molar-refractivity contribution in [2.45, 2.75) is 12.1 Å². The maximum Gasteiger partial charge on any atom is 0.246 e. The van der Waals surface area contributed by atoms with Crippen molar-refractivity contribution in [2.24, 2.45) is 0 Å². The third-order valence-corrected chi connectivity index (χ3v) is 3.47. The molecule has 1 fully saturated rings. The SMILES string of the molecule is c1ccc2c(c1)OCC(c1noc(C3COCCN3)n1)O2. The van der Waals surface area contributed by atoms with Gasteiger partial charge in [-0.15, -0.1) is 0 Å². The van der Waals surface area contributed by atoms with Gasteiger partial charge in [-0.2, -0.15) is 4.98 Å². The predicted octanol–water partition coefficient (Wildman–Crippen LogP) is 1.24. The first kappa shape index (κ1) is 12.6. The molecule has 2 atom stereocenters. The van der Waals surface area contributed by atoms with Crippen molar-refractivity contribution in [2.75, 3.05) is 26.4 Å². The summed E-state index contributed by atoms with van der Waals surface area (Å²) in [5, 5.41) is 7.28. The highest BCUT2D eigenvalue weighted by Crippen LogP contribution is 2.35.